The topological polar surface area (TPSA) is 89.2 Å². The highest BCUT2D eigenvalue weighted by molar-refractivity contribution is 5.91. The van der Waals surface area contributed by atoms with Crippen molar-refractivity contribution >= 4 is 11.8 Å². The average Bonchev–Trinajstić information content (AvgIpc) is 3.39. The molecule has 146 valence electrons. The number of aromatic nitrogens is 2. The van der Waals surface area contributed by atoms with Gasteiger partial charge >= 0.3 is 0 Å². The second-order valence-corrected chi connectivity index (χ2v) is 7.37. The summed E-state index contributed by atoms with van der Waals surface area (Å²) in [5, 5.41) is 6.16. The molecule has 0 radical (unpaired) electrons. The second kappa shape index (κ2) is 7.98. The average molecular weight is 372 g/mol. The number of imidazole rings is 1. The Hall–Kier alpha value is -2.57. The lowest BCUT2D eigenvalue weighted by Crippen LogP contribution is -2.54. The zero-order valence-electron chi connectivity index (χ0n) is 16.2. The Kier molecular flexibility index (Phi) is 5.68. The molecule has 0 aromatic carbocycles. The summed E-state index contributed by atoms with van der Waals surface area (Å²) in [5.41, 5.74) is -0.421. The normalized spacial score (nSPS) is 16.9. The molecule has 1 atom stereocenters. The summed E-state index contributed by atoms with van der Waals surface area (Å²) >= 11 is 0. The summed E-state index contributed by atoms with van der Waals surface area (Å²) in [7, 11) is 0. The summed E-state index contributed by atoms with van der Waals surface area (Å²) in [6.45, 7) is 6.76. The highest BCUT2D eigenvalue weighted by atomic mass is 16.3. The van der Waals surface area contributed by atoms with Crippen LogP contribution in [0.25, 0.3) is 0 Å². The Morgan fingerprint density at radius 3 is 2.70 bits per heavy atom. The number of hydrogen-bond acceptors (Lipinski definition) is 4. The molecule has 1 aliphatic carbocycles. The molecule has 2 heterocycles. The number of carbonyl (C=O) groups is 2. The minimum atomic E-state index is -0.421. The molecule has 1 fully saturated rings. The molecule has 0 bridgehead atoms. The zero-order valence-corrected chi connectivity index (χ0v) is 16.2. The number of amides is 2. The molecule has 7 heteroatoms. The van der Waals surface area contributed by atoms with Crippen molar-refractivity contribution in [3.05, 3.63) is 41.9 Å². The van der Waals surface area contributed by atoms with E-state index in [9.17, 15) is 9.59 Å². The van der Waals surface area contributed by atoms with Crippen LogP contribution in [0.2, 0.25) is 0 Å². The number of aryl methyl sites for hydroxylation is 2. The Labute approximate surface area is 159 Å². The van der Waals surface area contributed by atoms with Crippen molar-refractivity contribution in [1.82, 2.24) is 20.2 Å². The van der Waals surface area contributed by atoms with Crippen LogP contribution in [0.1, 0.15) is 67.6 Å². The van der Waals surface area contributed by atoms with Crippen LogP contribution in [0.15, 0.2) is 28.9 Å². The molecule has 2 aromatic rings. The monoisotopic (exact) mass is 372 g/mol. The lowest BCUT2D eigenvalue weighted by atomic mass is 9.96. The summed E-state index contributed by atoms with van der Waals surface area (Å²) in [5.74, 6) is 1.20. The van der Waals surface area contributed by atoms with Crippen molar-refractivity contribution in [2.24, 2.45) is 0 Å². The first kappa shape index (κ1) is 19.2. The first-order chi connectivity index (χ1) is 12.9. The summed E-state index contributed by atoms with van der Waals surface area (Å²) < 4.78 is 7.38. The van der Waals surface area contributed by atoms with Crippen LogP contribution in [0, 0.1) is 6.92 Å². The number of hydrogen-bond donors (Lipinski definition) is 2. The zero-order chi connectivity index (χ0) is 19.4. The second-order valence-electron chi connectivity index (χ2n) is 7.37. The Bertz CT molecular complexity index is 802. The van der Waals surface area contributed by atoms with Crippen LogP contribution in [0.5, 0.6) is 0 Å². The fraction of sp³-hybridized carbons (Fsp3) is 0.550. The van der Waals surface area contributed by atoms with Crippen molar-refractivity contribution in [3.8, 4) is 0 Å². The van der Waals surface area contributed by atoms with Crippen LogP contribution in [0.3, 0.4) is 0 Å². The van der Waals surface area contributed by atoms with E-state index >= 15 is 0 Å². The van der Waals surface area contributed by atoms with Gasteiger partial charge in [-0.25, -0.2) is 4.98 Å². The van der Waals surface area contributed by atoms with Crippen LogP contribution in [0.4, 0.5) is 0 Å². The third kappa shape index (κ3) is 4.23. The van der Waals surface area contributed by atoms with Gasteiger partial charge in [0.15, 0.2) is 5.82 Å². The van der Waals surface area contributed by atoms with Gasteiger partial charge in [-0.05, 0) is 45.7 Å². The molecule has 0 saturated heterocycles. The molecule has 1 saturated carbocycles. The molecule has 0 spiro atoms. The third-order valence-electron chi connectivity index (χ3n) is 5.38. The van der Waals surface area contributed by atoms with Gasteiger partial charge in [0, 0.05) is 25.5 Å². The molecular weight excluding hydrogens is 344 g/mol. The van der Waals surface area contributed by atoms with E-state index in [1.165, 1.54) is 0 Å². The molecule has 1 unspecified atom stereocenters. The molecule has 1 aliphatic rings. The first-order valence-corrected chi connectivity index (χ1v) is 9.62. The third-order valence-corrected chi connectivity index (χ3v) is 5.38. The van der Waals surface area contributed by atoms with Gasteiger partial charge in [0.1, 0.15) is 11.5 Å². The van der Waals surface area contributed by atoms with Crippen molar-refractivity contribution in [1.29, 1.82) is 0 Å². The minimum absolute atomic E-state index is 0.0973. The summed E-state index contributed by atoms with van der Waals surface area (Å²) in [6, 6.07) is 3.69. The number of rotatable bonds is 7. The number of carbonyl (C=O) groups excluding carboxylic acids is 2. The fourth-order valence-corrected chi connectivity index (χ4v) is 3.69. The minimum Gasteiger partial charge on any atom is -0.466 e. The predicted molar refractivity (Wildman–Crippen MR) is 101 cm³/mol. The molecule has 2 amide bonds. The van der Waals surface area contributed by atoms with Crippen molar-refractivity contribution < 1.29 is 14.0 Å². The largest absolute Gasteiger partial charge is 0.466 e. The highest BCUT2D eigenvalue weighted by Crippen LogP contribution is 2.30. The number of furan rings is 1. The van der Waals surface area contributed by atoms with E-state index in [2.05, 4.69) is 15.6 Å². The van der Waals surface area contributed by atoms with E-state index in [0.717, 1.165) is 31.4 Å². The molecule has 7 nitrogen and oxygen atoms in total. The van der Waals surface area contributed by atoms with E-state index < -0.39 is 5.54 Å². The fourth-order valence-electron chi connectivity index (χ4n) is 3.69. The van der Waals surface area contributed by atoms with Crippen LogP contribution >= 0.6 is 0 Å². The number of nitrogens with one attached hydrogen (secondary N) is 2. The molecule has 2 N–H and O–H groups in total. The van der Waals surface area contributed by atoms with Crippen molar-refractivity contribution in [2.45, 2.75) is 64.5 Å². The van der Waals surface area contributed by atoms with Crippen LogP contribution in [-0.2, 0) is 11.3 Å². The first-order valence-electron chi connectivity index (χ1n) is 9.62. The Morgan fingerprint density at radius 2 is 2.07 bits per heavy atom. The number of nitrogens with zero attached hydrogens (tertiary/aromatic N) is 2. The lowest BCUT2D eigenvalue weighted by Gasteiger charge is -2.31. The van der Waals surface area contributed by atoms with E-state index in [-0.39, 0.29) is 17.7 Å². The molecule has 0 aliphatic heterocycles. The predicted octanol–water partition coefficient (Wildman–Crippen LogP) is 2.77. The Balaban J connectivity index is 1.64. The van der Waals surface area contributed by atoms with Gasteiger partial charge in [0.25, 0.3) is 5.91 Å². The van der Waals surface area contributed by atoms with Gasteiger partial charge in [-0.1, -0.05) is 12.8 Å². The molecule has 27 heavy (non-hydrogen) atoms. The lowest BCUT2D eigenvalue weighted by molar-refractivity contribution is -0.122. The van der Waals surface area contributed by atoms with Gasteiger partial charge in [0.05, 0.1) is 11.5 Å². The van der Waals surface area contributed by atoms with Gasteiger partial charge in [-0.2, -0.15) is 0 Å². The summed E-state index contributed by atoms with van der Waals surface area (Å²) in [6.07, 6.45) is 7.19. The Morgan fingerprint density at radius 1 is 1.33 bits per heavy atom. The highest BCUT2D eigenvalue weighted by Gasteiger charge is 2.37. The van der Waals surface area contributed by atoms with E-state index in [0.29, 0.717) is 24.7 Å². The molecule has 2 aromatic heterocycles. The summed E-state index contributed by atoms with van der Waals surface area (Å²) in [4.78, 5) is 29.5. The van der Waals surface area contributed by atoms with Crippen LogP contribution < -0.4 is 10.6 Å². The van der Waals surface area contributed by atoms with Crippen molar-refractivity contribution in [2.75, 3.05) is 6.54 Å². The molecular formula is C20H28N4O3. The van der Waals surface area contributed by atoms with Gasteiger partial charge in [-0.3, -0.25) is 9.59 Å². The van der Waals surface area contributed by atoms with Gasteiger partial charge in [-0.15, -0.1) is 0 Å². The maximum Gasteiger partial charge on any atom is 0.287 e. The maximum absolute atomic E-state index is 12.7. The quantitative estimate of drug-likeness (QED) is 0.782. The SMILES string of the molecule is CCn1ccnc1C(=O)NC1(CNC(=O)C(C)c2ccc(C)o2)CCCC1. The van der Waals surface area contributed by atoms with Gasteiger partial charge in [0.2, 0.25) is 5.91 Å². The van der Waals surface area contributed by atoms with E-state index in [1.54, 1.807) is 12.4 Å². The van der Waals surface area contributed by atoms with Crippen LogP contribution in [-0.4, -0.2) is 33.4 Å². The smallest absolute Gasteiger partial charge is 0.287 e. The standard InChI is InChI=1S/C20H28N4O3/c1-4-24-12-11-21-17(24)19(26)23-20(9-5-6-10-20)13-22-18(25)15(3)16-8-7-14(2)27-16/h7-8,11-12,15H,4-6,9-10,13H2,1-3H3,(H,22,25)(H,23,26). The molecule has 3 rings (SSSR count). The van der Waals surface area contributed by atoms with Crippen molar-refractivity contribution in [3.63, 3.8) is 0 Å². The maximum atomic E-state index is 12.7. The van der Waals surface area contributed by atoms with Gasteiger partial charge < -0.3 is 19.6 Å². The van der Waals surface area contributed by atoms with E-state index in [1.807, 2.05) is 37.5 Å². The van der Waals surface area contributed by atoms with E-state index in [4.69, 9.17) is 4.42 Å².